The van der Waals surface area contributed by atoms with Gasteiger partial charge in [-0.2, -0.15) is 0 Å². The van der Waals surface area contributed by atoms with Crippen LogP contribution in [0.25, 0.3) is 0 Å². The van der Waals surface area contributed by atoms with E-state index in [4.69, 9.17) is 11.6 Å². The second kappa shape index (κ2) is 6.99. The molecule has 0 spiro atoms. The molecule has 1 aromatic rings. The lowest BCUT2D eigenvalue weighted by Gasteiger charge is -2.30. The van der Waals surface area contributed by atoms with E-state index in [0.29, 0.717) is 17.1 Å². The van der Waals surface area contributed by atoms with Crippen molar-refractivity contribution in [1.29, 1.82) is 0 Å². The van der Waals surface area contributed by atoms with Gasteiger partial charge in [-0.05, 0) is 50.4 Å². The first-order valence-corrected chi connectivity index (χ1v) is 7.83. The summed E-state index contributed by atoms with van der Waals surface area (Å²) >= 11 is 6.04. The maximum absolute atomic E-state index is 12.9. The number of carbonyl (C=O) groups is 1. The lowest BCUT2D eigenvalue weighted by Crippen LogP contribution is -2.44. The van der Waals surface area contributed by atoms with E-state index in [1.54, 1.807) is 0 Å². The van der Waals surface area contributed by atoms with Crippen molar-refractivity contribution in [3.05, 3.63) is 34.9 Å². The van der Waals surface area contributed by atoms with Gasteiger partial charge in [0.05, 0.1) is 5.92 Å². The van der Waals surface area contributed by atoms with Crippen molar-refractivity contribution in [1.82, 2.24) is 10.2 Å². The number of carbonyl (C=O) groups excluding carboxylic acids is 1. The molecule has 3 unspecified atom stereocenters. The zero-order chi connectivity index (χ0) is 14.1. The number of amides is 1. The van der Waals surface area contributed by atoms with Crippen molar-refractivity contribution >= 4 is 29.9 Å². The Labute approximate surface area is 137 Å². The standard InChI is InChI=1S/C16H21ClN2O.ClH/c1-11(12-3-2-4-13(17)9-12)16(20)19-14-5-6-15(19)10-18-8-7-14;/h2-4,9,11,14-15,18H,5-8,10H2,1H3;1H. The third-order valence-corrected chi connectivity index (χ3v) is 4.86. The summed E-state index contributed by atoms with van der Waals surface area (Å²) in [6.45, 7) is 3.95. The Morgan fingerprint density at radius 2 is 2.10 bits per heavy atom. The summed E-state index contributed by atoms with van der Waals surface area (Å²) in [5.41, 5.74) is 1.01. The fourth-order valence-corrected chi connectivity index (χ4v) is 3.68. The molecule has 3 rings (SSSR count). The molecule has 2 aliphatic rings. The summed E-state index contributed by atoms with van der Waals surface area (Å²) in [5, 5.41) is 4.13. The first-order valence-electron chi connectivity index (χ1n) is 7.45. The van der Waals surface area contributed by atoms with Gasteiger partial charge in [0.2, 0.25) is 5.91 Å². The van der Waals surface area contributed by atoms with E-state index in [9.17, 15) is 4.79 Å². The Morgan fingerprint density at radius 3 is 2.86 bits per heavy atom. The second-order valence-corrected chi connectivity index (χ2v) is 6.34. The number of benzene rings is 1. The number of hydrogen-bond acceptors (Lipinski definition) is 2. The van der Waals surface area contributed by atoms with Gasteiger partial charge in [-0.3, -0.25) is 4.79 Å². The monoisotopic (exact) mass is 328 g/mol. The van der Waals surface area contributed by atoms with Crippen molar-refractivity contribution in [2.24, 2.45) is 0 Å². The molecule has 2 saturated heterocycles. The van der Waals surface area contributed by atoms with E-state index in [0.717, 1.165) is 37.9 Å². The molecule has 1 N–H and O–H groups in total. The quantitative estimate of drug-likeness (QED) is 0.904. The van der Waals surface area contributed by atoms with Crippen LogP contribution in [0, 0.1) is 0 Å². The van der Waals surface area contributed by atoms with Crippen LogP contribution in [-0.2, 0) is 4.79 Å². The summed E-state index contributed by atoms with van der Waals surface area (Å²) in [4.78, 5) is 15.0. The molecule has 2 heterocycles. The molecule has 21 heavy (non-hydrogen) atoms. The summed E-state index contributed by atoms with van der Waals surface area (Å²) in [7, 11) is 0. The summed E-state index contributed by atoms with van der Waals surface area (Å²) in [5.74, 6) is 0.137. The fraction of sp³-hybridized carbons (Fsp3) is 0.562. The third-order valence-electron chi connectivity index (χ3n) is 4.63. The Balaban J connectivity index is 0.00000161. The van der Waals surface area contributed by atoms with E-state index >= 15 is 0 Å². The van der Waals surface area contributed by atoms with Gasteiger partial charge >= 0.3 is 0 Å². The highest BCUT2D eigenvalue weighted by Crippen LogP contribution is 2.32. The van der Waals surface area contributed by atoms with Crippen molar-refractivity contribution in [2.75, 3.05) is 13.1 Å². The molecule has 3 atom stereocenters. The zero-order valence-corrected chi connectivity index (χ0v) is 13.8. The maximum atomic E-state index is 12.9. The van der Waals surface area contributed by atoms with Crippen LogP contribution in [-0.4, -0.2) is 36.0 Å². The lowest BCUT2D eigenvalue weighted by molar-refractivity contribution is -0.135. The molecule has 1 amide bonds. The predicted molar refractivity (Wildman–Crippen MR) is 88.3 cm³/mol. The number of hydrogen-bond donors (Lipinski definition) is 1. The Hall–Kier alpha value is -0.770. The normalized spacial score (nSPS) is 25.9. The predicted octanol–water partition coefficient (Wildman–Crippen LogP) is 3.22. The van der Waals surface area contributed by atoms with Crippen LogP contribution >= 0.6 is 24.0 Å². The Kier molecular flexibility index (Phi) is 5.53. The van der Waals surface area contributed by atoms with E-state index in [1.165, 1.54) is 0 Å². The van der Waals surface area contributed by atoms with Gasteiger partial charge in [0, 0.05) is 23.7 Å². The highest BCUT2D eigenvalue weighted by atomic mass is 35.5. The zero-order valence-electron chi connectivity index (χ0n) is 12.2. The van der Waals surface area contributed by atoms with E-state index in [1.807, 2.05) is 31.2 Å². The van der Waals surface area contributed by atoms with Gasteiger partial charge in [0.1, 0.15) is 0 Å². The molecule has 0 aromatic heterocycles. The fourth-order valence-electron chi connectivity index (χ4n) is 3.48. The first-order chi connectivity index (χ1) is 9.66. The molecule has 1 aromatic carbocycles. The molecular weight excluding hydrogens is 307 g/mol. The number of nitrogens with one attached hydrogen (secondary N) is 1. The molecule has 2 bridgehead atoms. The van der Waals surface area contributed by atoms with Crippen LogP contribution < -0.4 is 5.32 Å². The number of nitrogens with zero attached hydrogens (tertiary/aromatic N) is 1. The minimum absolute atomic E-state index is 0. The molecule has 0 saturated carbocycles. The minimum Gasteiger partial charge on any atom is -0.335 e. The number of fused-ring (bicyclic) bond motifs is 2. The van der Waals surface area contributed by atoms with Gasteiger partial charge in [-0.25, -0.2) is 0 Å². The van der Waals surface area contributed by atoms with Gasteiger partial charge in [0.15, 0.2) is 0 Å². The number of rotatable bonds is 2. The Morgan fingerprint density at radius 1 is 1.33 bits per heavy atom. The van der Waals surface area contributed by atoms with E-state index in [2.05, 4.69) is 10.2 Å². The molecule has 2 aliphatic heterocycles. The molecule has 2 fully saturated rings. The van der Waals surface area contributed by atoms with Gasteiger partial charge in [0.25, 0.3) is 0 Å². The van der Waals surface area contributed by atoms with Crippen LogP contribution in [0.2, 0.25) is 5.02 Å². The summed E-state index contributed by atoms with van der Waals surface area (Å²) in [6.07, 6.45) is 3.36. The molecule has 0 aliphatic carbocycles. The molecule has 3 nitrogen and oxygen atoms in total. The molecule has 116 valence electrons. The van der Waals surface area contributed by atoms with E-state index < -0.39 is 0 Å². The highest BCUT2D eigenvalue weighted by molar-refractivity contribution is 6.30. The second-order valence-electron chi connectivity index (χ2n) is 5.90. The molecular formula is C16H22Cl2N2O. The lowest BCUT2D eigenvalue weighted by atomic mass is 9.99. The van der Waals surface area contributed by atoms with Crippen LogP contribution in [0.4, 0.5) is 0 Å². The maximum Gasteiger partial charge on any atom is 0.230 e. The van der Waals surface area contributed by atoms with Crippen LogP contribution in [0.1, 0.15) is 37.7 Å². The van der Waals surface area contributed by atoms with Crippen LogP contribution in [0.15, 0.2) is 24.3 Å². The molecule has 0 radical (unpaired) electrons. The average Bonchev–Trinajstić information content (AvgIpc) is 2.70. The largest absolute Gasteiger partial charge is 0.335 e. The highest BCUT2D eigenvalue weighted by Gasteiger charge is 2.39. The van der Waals surface area contributed by atoms with E-state index in [-0.39, 0.29) is 24.2 Å². The smallest absolute Gasteiger partial charge is 0.230 e. The molecule has 5 heteroatoms. The first kappa shape index (κ1) is 16.6. The Bertz CT molecular complexity index is 495. The van der Waals surface area contributed by atoms with Gasteiger partial charge in [-0.1, -0.05) is 23.7 Å². The topological polar surface area (TPSA) is 32.3 Å². The van der Waals surface area contributed by atoms with Crippen molar-refractivity contribution in [3.8, 4) is 0 Å². The van der Waals surface area contributed by atoms with Crippen molar-refractivity contribution in [2.45, 2.75) is 44.2 Å². The van der Waals surface area contributed by atoms with Crippen LogP contribution in [0.3, 0.4) is 0 Å². The van der Waals surface area contributed by atoms with Crippen molar-refractivity contribution < 1.29 is 4.79 Å². The third kappa shape index (κ3) is 3.36. The van der Waals surface area contributed by atoms with Gasteiger partial charge < -0.3 is 10.2 Å². The SMILES string of the molecule is CC(C(=O)N1C2CCNCC1CC2)c1cccc(Cl)c1.Cl. The average molecular weight is 329 g/mol. The van der Waals surface area contributed by atoms with Crippen LogP contribution in [0.5, 0.6) is 0 Å². The van der Waals surface area contributed by atoms with Crippen molar-refractivity contribution in [3.63, 3.8) is 0 Å². The summed E-state index contributed by atoms with van der Waals surface area (Å²) < 4.78 is 0. The summed E-state index contributed by atoms with van der Waals surface area (Å²) in [6, 6.07) is 8.46. The minimum atomic E-state index is -0.116. The van der Waals surface area contributed by atoms with Gasteiger partial charge in [-0.15, -0.1) is 12.4 Å². The number of halogens is 2.